The molecule has 2 aromatic rings. The van der Waals surface area contributed by atoms with E-state index in [-0.39, 0.29) is 6.04 Å². The van der Waals surface area contributed by atoms with Crippen molar-refractivity contribution in [3.63, 3.8) is 0 Å². The largest absolute Gasteiger partial charge is 0.496 e. The smallest absolute Gasteiger partial charge is 0.124 e. The third-order valence-corrected chi connectivity index (χ3v) is 4.20. The van der Waals surface area contributed by atoms with Crippen LogP contribution in [0.4, 0.5) is 0 Å². The molecule has 112 valence electrons. The lowest BCUT2D eigenvalue weighted by molar-refractivity contribution is 0.404. The summed E-state index contributed by atoms with van der Waals surface area (Å²) in [6.07, 6.45) is 0. The molecule has 0 heterocycles. The molecule has 0 bridgehead atoms. The van der Waals surface area contributed by atoms with Crippen LogP contribution in [0.25, 0.3) is 0 Å². The number of nitrogens with one attached hydrogen (secondary N) is 1. The highest BCUT2D eigenvalue weighted by atomic mass is 35.5. The molecule has 1 unspecified atom stereocenters. The minimum absolute atomic E-state index is 0.0592. The van der Waals surface area contributed by atoms with Gasteiger partial charge in [0.2, 0.25) is 0 Å². The van der Waals surface area contributed by atoms with E-state index in [1.54, 1.807) is 7.11 Å². The van der Waals surface area contributed by atoms with Crippen LogP contribution in [-0.4, -0.2) is 13.7 Å². The van der Waals surface area contributed by atoms with Gasteiger partial charge in [-0.15, -0.1) is 0 Å². The monoisotopic (exact) mass is 323 g/mol. The van der Waals surface area contributed by atoms with E-state index in [0.29, 0.717) is 5.02 Å². The van der Waals surface area contributed by atoms with Crippen LogP contribution < -0.4 is 10.1 Å². The van der Waals surface area contributed by atoms with Crippen LogP contribution in [0.2, 0.25) is 10.0 Å². The molecule has 0 radical (unpaired) electrons. The molecule has 1 atom stereocenters. The number of aryl methyl sites for hydroxylation is 1. The molecule has 21 heavy (non-hydrogen) atoms. The molecule has 4 heteroatoms. The second kappa shape index (κ2) is 7.17. The minimum atomic E-state index is -0.0592. The van der Waals surface area contributed by atoms with Gasteiger partial charge in [0.15, 0.2) is 0 Å². The van der Waals surface area contributed by atoms with Gasteiger partial charge >= 0.3 is 0 Å². The van der Waals surface area contributed by atoms with Gasteiger partial charge in [0.1, 0.15) is 5.75 Å². The van der Waals surface area contributed by atoms with E-state index in [1.165, 1.54) is 0 Å². The molecule has 2 nitrogen and oxygen atoms in total. The lowest BCUT2D eigenvalue weighted by Gasteiger charge is -2.23. The Bertz CT molecular complexity index is 628. The quantitative estimate of drug-likeness (QED) is 0.835. The van der Waals surface area contributed by atoms with E-state index in [9.17, 15) is 0 Å². The van der Waals surface area contributed by atoms with Gasteiger partial charge in [0.05, 0.1) is 13.2 Å². The van der Waals surface area contributed by atoms with Gasteiger partial charge in [-0.05, 0) is 42.8 Å². The number of methoxy groups -OCH3 is 1. The van der Waals surface area contributed by atoms with Crippen molar-refractivity contribution in [2.75, 3.05) is 13.7 Å². The van der Waals surface area contributed by atoms with Crippen LogP contribution in [0, 0.1) is 6.92 Å². The zero-order chi connectivity index (χ0) is 15.4. The fraction of sp³-hybridized carbons (Fsp3) is 0.294. The summed E-state index contributed by atoms with van der Waals surface area (Å²) in [6.45, 7) is 4.88. The predicted molar refractivity (Wildman–Crippen MR) is 89.7 cm³/mol. The summed E-state index contributed by atoms with van der Waals surface area (Å²) < 4.78 is 5.48. The second-order valence-corrected chi connectivity index (χ2v) is 5.67. The number of benzene rings is 2. The highest BCUT2D eigenvalue weighted by Crippen LogP contribution is 2.36. The van der Waals surface area contributed by atoms with Gasteiger partial charge in [-0.1, -0.05) is 48.3 Å². The van der Waals surface area contributed by atoms with E-state index >= 15 is 0 Å². The molecule has 0 fully saturated rings. The third-order valence-electron chi connectivity index (χ3n) is 3.44. The number of ether oxygens (including phenoxy) is 1. The van der Waals surface area contributed by atoms with Crippen molar-refractivity contribution in [1.29, 1.82) is 0 Å². The summed E-state index contributed by atoms with van der Waals surface area (Å²) in [5.41, 5.74) is 3.07. The van der Waals surface area contributed by atoms with Crippen LogP contribution >= 0.6 is 23.2 Å². The summed E-state index contributed by atoms with van der Waals surface area (Å²) in [6, 6.07) is 11.6. The first-order valence-electron chi connectivity index (χ1n) is 6.90. The van der Waals surface area contributed by atoms with Crippen molar-refractivity contribution in [3.05, 3.63) is 63.1 Å². The van der Waals surface area contributed by atoms with Crippen LogP contribution in [0.3, 0.4) is 0 Å². The lowest BCUT2D eigenvalue weighted by atomic mass is 9.96. The number of hydrogen-bond acceptors (Lipinski definition) is 2. The molecule has 0 saturated heterocycles. The maximum absolute atomic E-state index is 6.50. The SMILES string of the molecule is CCNC(c1cc(Cl)ccc1OC)c1cccc(C)c1Cl. The zero-order valence-electron chi connectivity index (χ0n) is 12.4. The topological polar surface area (TPSA) is 21.3 Å². The Morgan fingerprint density at radius 1 is 1.14 bits per heavy atom. The predicted octanol–water partition coefficient (Wildman–Crippen LogP) is 5.01. The summed E-state index contributed by atoms with van der Waals surface area (Å²) in [5, 5.41) is 4.91. The van der Waals surface area contributed by atoms with Gasteiger partial charge in [-0.2, -0.15) is 0 Å². The zero-order valence-corrected chi connectivity index (χ0v) is 13.9. The molecule has 2 aromatic carbocycles. The Kier molecular flexibility index (Phi) is 5.51. The average Bonchev–Trinajstić information content (AvgIpc) is 2.48. The Balaban J connectivity index is 2.58. The summed E-state index contributed by atoms with van der Waals surface area (Å²) >= 11 is 12.7. The van der Waals surface area contributed by atoms with Gasteiger partial charge in [0.25, 0.3) is 0 Å². The van der Waals surface area contributed by atoms with E-state index < -0.39 is 0 Å². The molecule has 0 aliphatic carbocycles. The fourth-order valence-electron chi connectivity index (χ4n) is 2.42. The summed E-state index contributed by atoms with van der Waals surface area (Å²) in [4.78, 5) is 0. The Labute approximate surface area is 136 Å². The number of halogens is 2. The van der Waals surface area contributed by atoms with Crippen molar-refractivity contribution < 1.29 is 4.74 Å². The van der Waals surface area contributed by atoms with Crippen LogP contribution in [0.15, 0.2) is 36.4 Å². The number of rotatable bonds is 5. The first kappa shape index (κ1) is 16.2. The van der Waals surface area contributed by atoms with Gasteiger partial charge in [0, 0.05) is 15.6 Å². The second-order valence-electron chi connectivity index (χ2n) is 4.86. The summed E-state index contributed by atoms with van der Waals surface area (Å²) in [5.74, 6) is 0.794. The first-order chi connectivity index (χ1) is 10.1. The Hall–Kier alpha value is -1.22. The molecule has 0 amide bonds. The molecular formula is C17H19Cl2NO. The molecule has 0 aromatic heterocycles. The Morgan fingerprint density at radius 3 is 2.57 bits per heavy atom. The maximum atomic E-state index is 6.50. The highest BCUT2D eigenvalue weighted by molar-refractivity contribution is 6.32. The molecular weight excluding hydrogens is 305 g/mol. The minimum Gasteiger partial charge on any atom is -0.496 e. The van der Waals surface area contributed by atoms with Gasteiger partial charge in [-0.25, -0.2) is 0 Å². The maximum Gasteiger partial charge on any atom is 0.124 e. The van der Waals surface area contributed by atoms with Crippen molar-refractivity contribution in [1.82, 2.24) is 5.32 Å². The average molecular weight is 324 g/mol. The van der Waals surface area contributed by atoms with Gasteiger partial charge < -0.3 is 10.1 Å². The van der Waals surface area contributed by atoms with E-state index in [1.807, 2.05) is 43.3 Å². The lowest BCUT2D eigenvalue weighted by Crippen LogP contribution is -2.23. The Morgan fingerprint density at radius 2 is 1.90 bits per heavy atom. The molecule has 0 saturated carbocycles. The highest BCUT2D eigenvalue weighted by Gasteiger charge is 2.20. The third kappa shape index (κ3) is 3.52. The normalized spacial score (nSPS) is 12.2. The molecule has 1 N–H and O–H groups in total. The van der Waals surface area contributed by atoms with E-state index in [0.717, 1.165) is 34.0 Å². The van der Waals surface area contributed by atoms with Crippen LogP contribution in [0.1, 0.15) is 29.7 Å². The molecule has 0 spiro atoms. The molecule has 0 aliphatic rings. The fourth-order valence-corrected chi connectivity index (χ4v) is 2.83. The van der Waals surface area contributed by atoms with Crippen molar-refractivity contribution in [2.45, 2.75) is 19.9 Å². The van der Waals surface area contributed by atoms with Crippen LogP contribution in [0.5, 0.6) is 5.75 Å². The van der Waals surface area contributed by atoms with E-state index in [2.05, 4.69) is 12.2 Å². The van der Waals surface area contributed by atoms with Crippen molar-refractivity contribution >= 4 is 23.2 Å². The van der Waals surface area contributed by atoms with Gasteiger partial charge in [-0.3, -0.25) is 0 Å². The first-order valence-corrected chi connectivity index (χ1v) is 7.66. The molecule has 0 aliphatic heterocycles. The molecule has 2 rings (SSSR count). The van der Waals surface area contributed by atoms with Crippen molar-refractivity contribution in [3.8, 4) is 5.75 Å². The van der Waals surface area contributed by atoms with Crippen LogP contribution in [-0.2, 0) is 0 Å². The van der Waals surface area contributed by atoms with Crippen molar-refractivity contribution in [2.24, 2.45) is 0 Å². The summed E-state index contributed by atoms with van der Waals surface area (Å²) in [7, 11) is 1.66. The standard InChI is InChI=1S/C17H19Cl2NO/c1-4-20-17(13-7-5-6-11(2)16(13)19)14-10-12(18)8-9-15(14)21-3/h5-10,17,20H,4H2,1-3H3. The number of hydrogen-bond donors (Lipinski definition) is 1. The van der Waals surface area contributed by atoms with E-state index in [4.69, 9.17) is 27.9 Å².